The van der Waals surface area contributed by atoms with Crippen LogP contribution in [0.3, 0.4) is 0 Å². The van der Waals surface area contributed by atoms with Crippen LogP contribution in [-0.4, -0.2) is 23.7 Å². The third-order valence-corrected chi connectivity index (χ3v) is 3.48. The van der Waals surface area contributed by atoms with Crippen LogP contribution in [0.2, 0.25) is 5.02 Å². The van der Waals surface area contributed by atoms with Gasteiger partial charge in [0.05, 0.1) is 12.5 Å². The van der Waals surface area contributed by atoms with Gasteiger partial charge in [0, 0.05) is 11.6 Å². The van der Waals surface area contributed by atoms with E-state index in [1.54, 1.807) is 6.07 Å². The maximum absolute atomic E-state index is 11.7. The van der Waals surface area contributed by atoms with Crippen LogP contribution in [0.15, 0.2) is 24.3 Å². The van der Waals surface area contributed by atoms with Crippen molar-refractivity contribution in [3.63, 3.8) is 0 Å². The highest BCUT2D eigenvalue weighted by molar-refractivity contribution is 6.31. The summed E-state index contributed by atoms with van der Waals surface area (Å²) in [5.41, 5.74) is 0.848. The molecule has 1 aliphatic rings. The molecule has 0 atom stereocenters. The Bertz CT molecular complexity index is 402. The standard InChI is InChI=1S/C13H16ClNO2/c14-12-4-2-1-3-10(12)7-13(17)15-8-9-5-11(16)6-9/h1-4,9,11,16H,5-8H2,(H,15,17). The van der Waals surface area contributed by atoms with Crippen LogP contribution in [0.25, 0.3) is 0 Å². The molecule has 1 saturated carbocycles. The second-order valence-corrected chi connectivity index (χ2v) is 4.97. The highest BCUT2D eigenvalue weighted by Gasteiger charge is 2.27. The van der Waals surface area contributed by atoms with Crippen LogP contribution in [0.1, 0.15) is 18.4 Å². The van der Waals surface area contributed by atoms with Gasteiger partial charge >= 0.3 is 0 Å². The SMILES string of the molecule is O=C(Cc1ccccc1Cl)NCC1CC(O)C1. The summed E-state index contributed by atoms with van der Waals surface area (Å²) in [5.74, 6) is 0.416. The number of halogens is 1. The molecule has 1 fully saturated rings. The molecule has 1 aromatic rings. The first-order chi connectivity index (χ1) is 8.15. The van der Waals surface area contributed by atoms with Crippen molar-refractivity contribution in [2.24, 2.45) is 5.92 Å². The van der Waals surface area contributed by atoms with Gasteiger partial charge in [0.15, 0.2) is 0 Å². The van der Waals surface area contributed by atoms with Crippen molar-refractivity contribution < 1.29 is 9.90 Å². The zero-order valence-electron chi connectivity index (χ0n) is 9.53. The summed E-state index contributed by atoms with van der Waals surface area (Å²) in [4.78, 5) is 11.7. The highest BCUT2D eigenvalue weighted by atomic mass is 35.5. The fourth-order valence-electron chi connectivity index (χ4n) is 2.00. The molecule has 17 heavy (non-hydrogen) atoms. The fourth-order valence-corrected chi connectivity index (χ4v) is 2.21. The van der Waals surface area contributed by atoms with Crippen LogP contribution in [0.5, 0.6) is 0 Å². The first-order valence-electron chi connectivity index (χ1n) is 5.83. The number of amides is 1. The van der Waals surface area contributed by atoms with E-state index in [-0.39, 0.29) is 12.0 Å². The van der Waals surface area contributed by atoms with Gasteiger partial charge in [-0.3, -0.25) is 4.79 Å². The fraction of sp³-hybridized carbons (Fsp3) is 0.462. The first-order valence-corrected chi connectivity index (χ1v) is 6.21. The summed E-state index contributed by atoms with van der Waals surface area (Å²) in [6, 6.07) is 7.36. The molecule has 0 aliphatic heterocycles. The topological polar surface area (TPSA) is 49.3 Å². The third-order valence-electron chi connectivity index (χ3n) is 3.11. The molecule has 0 saturated heterocycles. The lowest BCUT2D eigenvalue weighted by Crippen LogP contribution is -2.38. The molecule has 0 radical (unpaired) electrons. The van der Waals surface area contributed by atoms with Crippen LogP contribution in [0.4, 0.5) is 0 Å². The van der Waals surface area contributed by atoms with E-state index in [1.165, 1.54) is 0 Å². The minimum absolute atomic E-state index is 0.0144. The Kier molecular flexibility index (Phi) is 4.02. The summed E-state index contributed by atoms with van der Waals surface area (Å²) < 4.78 is 0. The van der Waals surface area contributed by atoms with Gasteiger partial charge in [0.2, 0.25) is 5.91 Å². The molecule has 92 valence electrons. The second kappa shape index (κ2) is 5.52. The summed E-state index contributed by atoms with van der Waals surface area (Å²) in [5, 5.41) is 12.6. The van der Waals surface area contributed by atoms with Crippen molar-refractivity contribution in [2.45, 2.75) is 25.4 Å². The van der Waals surface area contributed by atoms with Crippen molar-refractivity contribution in [2.75, 3.05) is 6.54 Å². The number of carbonyl (C=O) groups excluding carboxylic acids is 1. The maximum Gasteiger partial charge on any atom is 0.224 e. The summed E-state index contributed by atoms with van der Waals surface area (Å²) in [6.07, 6.45) is 1.74. The average Bonchev–Trinajstić information content (AvgIpc) is 2.26. The quantitative estimate of drug-likeness (QED) is 0.859. The lowest BCUT2D eigenvalue weighted by molar-refractivity contribution is -0.121. The van der Waals surface area contributed by atoms with Gasteiger partial charge in [-0.05, 0) is 30.4 Å². The summed E-state index contributed by atoms with van der Waals surface area (Å²) >= 11 is 5.98. The van der Waals surface area contributed by atoms with E-state index in [4.69, 9.17) is 16.7 Å². The monoisotopic (exact) mass is 253 g/mol. The predicted octanol–water partition coefficient (Wildman–Crippen LogP) is 1.77. The Balaban J connectivity index is 1.76. The van der Waals surface area contributed by atoms with E-state index in [1.807, 2.05) is 18.2 Å². The van der Waals surface area contributed by atoms with E-state index in [9.17, 15) is 4.79 Å². The smallest absolute Gasteiger partial charge is 0.224 e. The Labute approximate surface area is 106 Å². The Morgan fingerprint density at radius 3 is 2.76 bits per heavy atom. The number of hydrogen-bond acceptors (Lipinski definition) is 2. The molecule has 0 spiro atoms. The van der Waals surface area contributed by atoms with Crippen LogP contribution in [-0.2, 0) is 11.2 Å². The molecular weight excluding hydrogens is 238 g/mol. The summed E-state index contributed by atoms with van der Waals surface area (Å²) in [7, 11) is 0. The molecule has 2 N–H and O–H groups in total. The van der Waals surface area contributed by atoms with Gasteiger partial charge in [-0.25, -0.2) is 0 Å². The molecule has 0 unspecified atom stereocenters. The third kappa shape index (κ3) is 3.45. The molecule has 2 rings (SSSR count). The molecular formula is C13H16ClNO2. The molecule has 4 heteroatoms. The van der Waals surface area contributed by atoms with Crippen molar-refractivity contribution in [1.29, 1.82) is 0 Å². The zero-order chi connectivity index (χ0) is 12.3. The number of carbonyl (C=O) groups is 1. The molecule has 0 heterocycles. The van der Waals surface area contributed by atoms with Crippen LogP contribution >= 0.6 is 11.6 Å². The number of hydrogen-bond donors (Lipinski definition) is 2. The highest BCUT2D eigenvalue weighted by Crippen LogP contribution is 2.26. The Hall–Kier alpha value is -1.06. The first kappa shape index (κ1) is 12.4. The van der Waals surface area contributed by atoms with Crippen molar-refractivity contribution in [3.05, 3.63) is 34.9 Å². The Morgan fingerprint density at radius 2 is 2.12 bits per heavy atom. The average molecular weight is 254 g/mol. The number of aliphatic hydroxyl groups is 1. The van der Waals surface area contributed by atoms with Gasteiger partial charge in [-0.1, -0.05) is 29.8 Å². The van der Waals surface area contributed by atoms with Crippen molar-refractivity contribution in [1.82, 2.24) is 5.32 Å². The molecule has 0 aromatic heterocycles. The minimum Gasteiger partial charge on any atom is -0.393 e. The largest absolute Gasteiger partial charge is 0.393 e. The van der Waals surface area contributed by atoms with Crippen molar-refractivity contribution >= 4 is 17.5 Å². The predicted molar refractivity (Wildman–Crippen MR) is 66.9 cm³/mol. The normalized spacial score (nSPS) is 22.9. The molecule has 0 bridgehead atoms. The number of aliphatic hydroxyl groups excluding tert-OH is 1. The van der Waals surface area contributed by atoms with Crippen LogP contribution in [0, 0.1) is 5.92 Å². The molecule has 1 aromatic carbocycles. The summed E-state index contributed by atoms with van der Waals surface area (Å²) in [6.45, 7) is 0.653. The molecule has 1 aliphatic carbocycles. The van der Waals surface area contributed by atoms with Gasteiger partial charge < -0.3 is 10.4 Å². The van der Waals surface area contributed by atoms with Crippen molar-refractivity contribution in [3.8, 4) is 0 Å². The van der Waals surface area contributed by atoms with Gasteiger partial charge in [-0.15, -0.1) is 0 Å². The lowest BCUT2D eigenvalue weighted by atomic mass is 9.82. The van der Waals surface area contributed by atoms with Gasteiger partial charge in [-0.2, -0.15) is 0 Å². The molecule has 1 amide bonds. The minimum atomic E-state index is -0.166. The van der Waals surface area contributed by atoms with E-state index >= 15 is 0 Å². The number of rotatable bonds is 4. The van der Waals surface area contributed by atoms with E-state index in [0.29, 0.717) is 23.9 Å². The van der Waals surface area contributed by atoms with Gasteiger partial charge in [0.25, 0.3) is 0 Å². The Morgan fingerprint density at radius 1 is 1.41 bits per heavy atom. The second-order valence-electron chi connectivity index (χ2n) is 4.56. The molecule has 3 nitrogen and oxygen atoms in total. The van der Waals surface area contributed by atoms with E-state index < -0.39 is 0 Å². The maximum atomic E-state index is 11.7. The van der Waals surface area contributed by atoms with Crippen LogP contribution < -0.4 is 5.32 Å². The van der Waals surface area contributed by atoms with E-state index in [0.717, 1.165) is 18.4 Å². The lowest BCUT2D eigenvalue weighted by Gasteiger charge is -2.31. The van der Waals surface area contributed by atoms with E-state index in [2.05, 4.69) is 5.32 Å². The number of nitrogens with one attached hydrogen (secondary N) is 1. The van der Waals surface area contributed by atoms with Gasteiger partial charge in [0.1, 0.15) is 0 Å². The number of benzene rings is 1. The zero-order valence-corrected chi connectivity index (χ0v) is 10.3.